The number of nitrogens with one attached hydrogen (secondary N) is 2. The number of rotatable bonds is 4. The summed E-state index contributed by atoms with van der Waals surface area (Å²) in [5.74, 6) is 1.31. The molecule has 4 aromatic rings. The van der Waals surface area contributed by atoms with Crippen molar-refractivity contribution in [1.29, 1.82) is 0 Å². The van der Waals surface area contributed by atoms with E-state index < -0.39 is 0 Å². The van der Waals surface area contributed by atoms with Crippen LogP contribution in [-0.2, 0) is 0 Å². The molecule has 1 amide bonds. The summed E-state index contributed by atoms with van der Waals surface area (Å²) in [5.41, 5.74) is 1.77. The molecule has 0 spiro atoms. The Morgan fingerprint density at radius 1 is 1.19 bits per heavy atom. The van der Waals surface area contributed by atoms with E-state index in [-0.39, 0.29) is 5.91 Å². The van der Waals surface area contributed by atoms with E-state index >= 15 is 0 Å². The molecule has 0 aliphatic carbocycles. The average Bonchev–Trinajstić information content (AvgIpc) is 3.36. The quantitative estimate of drug-likeness (QED) is 0.579. The van der Waals surface area contributed by atoms with Crippen LogP contribution in [0.1, 0.15) is 21.2 Å². The number of nitrogens with zero attached hydrogens (tertiary/aromatic N) is 4. The zero-order valence-corrected chi connectivity index (χ0v) is 15.0. The topological polar surface area (TPSA) is 88.5 Å². The second-order valence-electron chi connectivity index (χ2n) is 5.78. The summed E-state index contributed by atoms with van der Waals surface area (Å²) < 4.78 is 1.87. The summed E-state index contributed by atoms with van der Waals surface area (Å²) in [4.78, 5) is 23.2. The van der Waals surface area contributed by atoms with E-state index in [1.807, 2.05) is 42.8 Å². The molecular formula is C18H16N6OS. The van der Waals surface area contributed by atoms with E-state index in [0.717, 1.165) is 22.2 Å². The van der Waals surface area contributed by atoms with Crippen LogP contribution in [-0.4, -0.2) is 30.6 Å². The lowest BCUT2D eigenvalue weighted by Crippen LogP contribution is -2.12. The Morgan fingerprint density at radius 2 is 2.08 bits per heavy atom. The molecule has 130 valence electrons. The number of pyridine rings is 1. The Kier molecular flexibility index (Phi) is 4.10. The van der Waals surface area contributed by atoms with Crippen molar-refractivity contribution in [3.8, 4) is 16.4 Å². The van der Waals surface area contributed by atoms with Crippen molar-refractivity contribution in [2.24, 2.45) is 0 Å². The highest BCUT2D eigenvalue weighted by Crippen LogP contribution is 2.26. The smallest absolute Gasteiger partial charge is 0.276 e. The Balaban J connectivity index is 1.48. The fourth-order valence-corrected chi connectivity index (χ4v) is 3.39. The van der Waals surface area contributed by atoms with Crippen LogP contribution >= 0.6 is 11.3 Å². The molecule has 0 aliphatic heterocycles. The largest absolute Gasteiger partial charge is 0.319 e. The van der Waals surface area contributed by atoms with Crippen LogP contribution in [0, 0.1) is 13.8 Å². The second-order valence-corrected chi connectivity index (χ2v) is 7.07. The molecule has 8 heteroatoms. The van der Waals surface area contributed by atoms with Crippen LogP contribution in [0.4, 0.5) is 5.69 Å². The lowest BCUT2D eigenvalue weighted by Gasteiger charge is -2.06. The molecule has 4 rings (SSSR count). The van der Waals surface area contributed by atoms with Gasteiger partial charge in [-0.25, -0.2) is 9.97 Å². The van der Waals surface area contributed by atoms with Gasteiger partial charge in [0.05, 0.1) is 22.5 Å². The van der Waals surface area contributed by atoms with Gasteiger partial charge >= 0.3 is 0 Å². The maximum Gasteiger partial charge on any atom is 0.276 e. The Hall–Kier alpha value is -3.26. The number of anilines is 1. The first kappa shape index (κ1) is 16.2. The molecular weight excluding hydrogens is 348 g/mol. The molecule has 0 aromatic carbocycles. The first-order valence-corrected chi connectivity index (χ1v) is 8.82. The fraction of sp³-hybridized carbons (Fsp3) is 0.111. The summed E-state index contributed by atoms with van der Waals surface area (Å²) in [6.07, 6.45) is 5.17. The third-order valence-electron chi connectivity index (χ3n) is 3.89. The van der Waals surface area contributed by atoms with E-state index in [9.17, 15) is 4.79 Å². The number of aromatic amines is 1. The van der Waals surface area contributed by atoms with Crippen LogP contribution in [0.2, 0.25) is 0 Å². The highest BCUT2D eigenvalue weighted by Gasteiger charge is 2.13. The summed E-state index contributed by atoms with van der Waals surface area (Å²) >= 11 is 1.65. The molecule has 0 unspecified atom stereocenters. The minimum Gasteiger partial charge on any atom is -0.319 e. The predicted octanol–water partition coefficient (Wildman–Crippen LogP) is 3.59. The summed E-state index contributed by atoms with van der Waals surface area (Å²) in [6, 6.07) is 9.42. The third-order valence-corrected chi connectivity index (χ3v) is 4.93. The highest BCUT2D eigenvalue weighted by molar-refractivity contribution is 7.15. The van der Waals surface area contributed by atoms with Crippen LogP contribution in [0.25, 0.3) is 16.4 Å². The van der Waals surface area contributed by atoms with Gasteiger partial charge in [-0.15, -0.1) is 11.3 Å². The molecule has 26 heavy (non-hydrogen) atoms. The van der Waals surface area contributed by atoms with Gasteiger partial charge < -0.3 is 5.32 Å². The molecule has 7 nitrogen and oxygen atoms in total. The number of H-pyrrole nitrogens is 1. The first-order chi connectivity index (χ1) is 12.6. The van der Waals surface area contributed by atoms with Gasteiger partial charge in [0.25, 0.3) is 5.91 Å². The average molecular weight is 364 g/mol. The SMILES string of the molecule is Cc1ccc(-c2cc(C(=O)Nc3ccc(-n4ccnc4C)nc3)n[nH]2)s1. The lowest BCUT2D eigenvalue weighted by atomic mass is 10.3. The summed E-state index contributed by atoms with van der Waals surface area (Å²) in [7, 11) is 0. The van der Waals surface area contributed by atoms with Gasteiger partial charge in [-0.1, -0.05) is 0 Å². The minimum atomic E-state index is -0.283. The molecule has 0 saturated heterocycles. The van der Waals surface area contributed by atoms with Gasteiger partial charge in [0.2, 0.25) is 0 Å². The first-order valence-electron chi connectivity index (χ1n) is 8.00. The zero-order valence-electron chi connectivity index (χ0n) is 14.2. The van der Waals surface area contributed by atoms with Crippen molar-refractivity contribution in [3.05, 3.63) is 65.3 Å². The molecule has 0 atom stereocenters. The van der Waals surface area contributed by atoms with Crippen LogP contribution in [0.15, 0.2) is 48.9 Å². The van der Waals surface area contributed by atoms with E-state index in [0.29, 0.717) is 11.4 Å². The van der Waals surface area contributed by atoms with Gasteiger partial charge in [-0.2, -0.15) is 5.10 Å². The maximum atomic E-state index is 12.4. The van der Waals surface area contributed by atoms with Gasteiger partial charge in [0.15, 0.2) is 5.69 Å². The van der Waals surface area contributed by atoms with E-state index in [2.05, 4.69) is 25.5 Å². The van der Waals surface area contributed by atoms with Gasteiger partial charge in [0.1, 0.15) is 11.6 Å². The van der Waals surface area contributed by atoms with Gasteiger partial charge in [0, 0.05) is 17.3 Å². The van der Waals surface area contributed by atoms with Crippen LogP contribution in [0.3, 0.4) is 0 Å². The maximum absolute atomic E-state index is 12.4. The van der Waals surface area contributed by atoms with E-state index in [4.69, 9.17) is 0 Å². The van der Waals surface area contributed by atoms with Crippen molar-refractivity contribution in [3.63, 3.8) is 0 Å². The van der Waals surface area contributed by atoms with Crippen LogP contribution in [0.5, 0.6) is 0 Å². The number of carbonyl (C=O) groups excluding carboxylic acids is 1. The molecule has 4 heterocycles. The number of thiophene rings is 1. The number of aryl methyl sites for hydroxylation is 2. The Bertz CT molecular complexity index is 1060. The van der Waals surface area contributed by atoms with Crippen molar-refractivity contribution >= 4 is 22.9 Å². The van der Waals surface area contributed by atoms with Crippen molar-refractivity contribution < 1.29 is 4.79 Å². The monoisotopic (exact) mass is 364 g/mol. The number of hydrogen-bond acceptors (Lipinski definition) is 5. The van der Waals surface area contributed by atoms with Crippen molar-refractivity contribution in [1.82, 2.24) is 24.7 Å². The fourth-order valence-electron chi connectivity index (χ4n) is 2.56. The number of hydrogen-bond donors (Lipinski definition) is 2. The highest BCUT2D eigenvalue weighted by atomic mass is 32.1. The summed E-state index contributed by atoms with van der Waals surface area (Å²) in [5, 5.41) is 9.82. The van der Waals surface area contributed by atoms with E-state index in [1.54, 1.807) is 35.9 Å². The molecule has 0 fully saturated rings. The van der Waals surface area contributed by atoms with Gasteiger partial charge in [-0.05, 0) is 44.2 Å². The summed E-state index contributed by atoms with van der Waals surface area (Å²) in [6.45, 7) is 3.95. The van der Waals surface area contributed by atoms with Crippen molar-refractivity contribution in [2.45, 2.75) is 13.8 Å². The molecule has 0 bridgehead atoms. The lowest BCUT2D eigenvalue weighted by molar-refractivity contribution is 0.102. The molecule has 0 radical (unpaired) electrons. The number of amides is 1. The zero-order chi connectivity index (χ0) is 18.1. The number of imidazole rings is 1. The number of carbonyl (C=O) groups is 1. The van der Waals surface area contributed by atoms with E-state index in [1.165, 1.54) is 4.88 Å². The molecule has 4 aromatic heterocycles. The molecule has 2 N–H and O–H groups in total. The molecule has 0 aliphatic rings. The standard InChI is InChI=1S/C18H16N6OS/c1-11-3-5-16(26-11)14-9-15(23-22-14)18(25)21-13-4-6-17(20-10-13)24-8-7-19-12(24)2/h3-10H,1-2H3,(H,21,25)(H,22,23). The number of aromatic nitrogens is 5. The molecule has 0 saturated carbocycles. The predicted molar refractivity (Wildman–Crippen MR) is 101 cm³/mol. The normalized spacial score (nSPS) is 10.8. The third kappa shape index (κ3) is 3.14. The Morgan fingerprint density at radius 3 is 2.73 bits per heavy atom. The Labute approximate surface area is 153 Å². The minimum absolute atomic E-state index is 0.283. The van der Waals surface area contributed by atoms with Crippen molar-refractivity contribution in [2.75, 3.05) is 5.32 Å². The van der Waals surface area contributed by atoms with Gasteiger partial charge in [-0.3, -0.25) is 14.5 Å². The second kappa shape index (κ2) is 6.57. The van der Waals surface area contributed by atoms with Crippen LogP contribution < -0.4 is 5.32 Å².